The van der Waals surface area contributed by atoms with Crippen LogP contribution in [0.3, 0.4) is 0 Å². The first-order valence-electron chi connectivity index (χ1n) is 10.9. The molecule has 1 fully saturated rings. The second-order valence-electron chi connectivity index (χ2n) is 8.08. The fraction of sp³-hybridized carbons (Fsp3) is 0.292. The predicted octanol–water partition coefficient (Wildman–Crippen LogP) is 3.59. The van der Waals surface area contributed by atoms with Gasteiger partial charge >= 0.3 is 6.03 Å². The lowest BCUT2D eigenvalue weighted by Crippen LogP contribution is -2.30. The van der Waals surface area contributed by atoms with Crippen LogP contribution in [0, 0.1) is 0 Å². The first-order valence-corrected chi connectivity index (χ1v) is 11.3. The second-order valence-corrected chi connectivity index (χ2v) is 8.49. The maximum atomic E-state index is 12.0. The molecule has 11 heteroatoms. The number of pyridine rings is 1. The lowest BCUT2D eigenvalue weighted by Gasteiger charge is -2.16. The number of carbonyl (C=O) groups is 2. The van der Waals surface area contributed by atoms with E-state index >= 15 is 0 Å². The molecular weight excluding hydrogens is 476 g/mol. The predicted molar refractivity (Wildman–Crippen MR) is 130 cm³/mol. The van der Waals surface area contributed by atoms with Crippen LogP contribution in [0.15, 0.2) is 42.6 Å². The molecule has 1 aliphatic carbocycles. The standard InChI is InChI=1S/C24H25ClN4O6/c1-33-21-10-16-19(11-22(21)34-12-14(30)8-23(26)31)27-7-6-20(16)35-15-4-5-18(17(25)9-15)29-24(32)28-13-2-3-13/h4-7,9-11,13-14,30H,2-3,8,12H2,1H3,(H2,26,31)(H2,28,29,32). The molecule has 10 nitrogen and oxygen atoms in total. The molecule has 0 spiro atoms. The van der Waals surface area contributed by atoms with Crippen molar-refractivity contribution in [2.24, 2.45) is 5.73 Å². The molecule has 2 aromatic carbocycles. The first kappa shape index (κ1) is 24.4. The number of nitrogens with one attached hydrogen (secondary N) is 2. The molecule has 1 aliphatic rings. The van der Waals surface area contributed by atoms with E-state index in [1.807, 2.05) is 0 Å². The van der Waals surface area contributed by atoms with Gasteiger partial charge in [0, 0.05) is 29.8 Å². The maximum absolute atomic E-state index is 12.0. The van der Waals surface area contributed by atoms with Gasteiger partial charge in [0.2, 0.25) is 5.91 Å². The molecule has 4 rings (SSSR count). The first-order chi connectivity index (χ1) is 16.8. The molecule has 1 atom stereocenters. The third-order valence-electron chi connectivity index (χ3n) is 5.18. The largest absolute Gasteiger partial charge is 0.493 e. The summed E-state index contributed by atoms with van der Waals surface area (Å²) in [5.74, 6) is 1.07. The number of hydrogen-bond donors (Lipinski definition) is 4. The number of amides is 3. The zero-order chi connectivity index (χ0) is 24.9. The molecule has 184 valence electrons. The van der Waals surface area contributed by atoms with E-state index in [2.05, 4.69) is 15.6 Å². The summed E-state index contributed by atoms with van der Waals surface area (Å²) in [6.07, 6.45) is 2.30. The minimum absolute atomic E-state index is 0.140. The molecule has 0 bridgehead atoms. The number of hydrogen-bond acceptors (Lipinski definition) is 7. The summed E-state index contributed by atoms with van der Waals surface area (Å²) in [6, 6.07) is 9.95. The Morgan fingerprint density at radius 3 is 2.69 bits per heavy atom. The summed E-state index contributed by atoms with van der Waals surface area (Å²) in [5, 5.41) is 16.4. The van der Waals surface area contributed by atoms with Gasteiger partial charge in [-0.25, -0.2) is 4.79 Å². The van der Waals surface area contributed by atoms with Crippen LogP contribution in [-0.2, 0) is 4.79 Å². The number of aromatic nitrogens is 1. The topological polar surface area (TPSA) is 145 Å². The van der Waals surface area contributed by atoms with Gasteiger partial charge in [0.05, 0.1) is 35.9 Å². The van der Waals surface area contributed by atoms with Crippen molar-refractivity contribution >= 4 is 40.1 Å². The van der Waals surface area contributed by atoms with Crippen LogP contribution in [0.25, 0.3) is 10.9 Å². The highest BCUT2D eigenvalue weighted by atomic mass is 35.5. The normalized spacial score (nSPS) is 13.7. The van der Waals surface area contributed by atoms with E-state index in [9.17, 15) is 14.7 Å². The van der Waals surface area contributed by atoms with Crippen LogP contribution >= 0.6 is 11.6 Å². The lowest BCUT2D eigenvalue weighted by atomic mass is 10.1. The minimum atomic E-state index is -1.04. The highest BCUT2D eigenvalue weighted by molar-refractivity contribution is 6.33. The van der Waals surface area contributed by atoms with Gasteiger partial charge in [0.15, 0.2) is 11.5 Å². The number of nitrogens with two attached hydrogens (primary N) is 1. The molecule has 0 aliphatic heterocycles. The highest BCUT2D eigenvalue weighted by Gasteiger charge is 2.23. The number of primary amides is 1. The Labute approximate surface area is 206 Å². The van der Waals surface area contributed by atoms with E-state index in [4.69, 9.17) is 31.5 Å². The van der Waals surface area contributed by atoms with Gasteiger partial charge in [-0.3, -0.25) is 9.78 Å². The quantitative estimate of drug-likeness (QED) is 0.333. The highest BCUT2D eigenvalue weighted by Crippen LogP contribution is 2.38. The average molecular weight is 501 g/mol. The van der Waals surface area contributed by atoms with Gasteiger partial charge < -0.3 is 35.7 Å². The van der Waals surface area contributed by atoms with Crippen molar-refractivity contribution in [1.29, 1.82) is 0 Å². The van der Waals surface area contributed by atoms with Crippen molar-refractivity contribution < 1.29 is 28.9 Å². The Morgan fingerprint density at radius 1 is 1.20 bits per heavy atom. The molecule has 1 unspecified atom stereocenters. The molecule has 5 N–H and O–H groups in total. The van der Waals surface area contributed by atoms with Gasteiger partial charge in [-0.2, -0.15) is 0 Å². The number of methoxy groups -OCH3 is 1. The Morgan fingerprint density at radius 2 is 2.00 bits per heavy atom. The smallest absolute Gasteiger partial charge is 0.319 e. The summed E-state index contributed by atoms with van der Waals surface area (Å²) >= 11 is 6.35. The summed E-state index contributed by atoms with van der Waals surface area (Å²) in [6.45, 7) is -0.140. The zero-order valence-corrected chi connectivity index (χ0v) is 19.7. The van der Waals surface area contributed by atoms with E-state index in [0.717, 1.165) is 12.8 Å². The van der Waals surface area contributed by atoms with E-state index in [1.54, 1.807) is 42.6 Å². The van der Waals surface area contributed by atoms with Gasteiger partial charge in [0.25, 0.3) is 0 Å². The molecule has 0 saturated heterocycles. The molecule has 1 saturated carbocycles. The van der Waals surface area contributed by atoms with E-state index in [0.29, 0.717) is 44.6 Å². The van der Waals surface area contributed by atoms with Crippen molar-refractivity contribution in [3.05, 3.63) is 47.6 Å². The number of ether oxygens (including phenoxy) is 3. The van der Waals surface area contributed by atoms with E-state index in [-0.39, 0.29) is 25.1 Å². The SMILES string of the molecule is COc1cc2c(Oc3ccc(NC(=O)NC4CC4)c(Cl)c3)ccnc2cc1OCC(O)CC(N)=O. The summed E-state index contributed by atoms with van der Waals surface area (Å²) in [7, 11) is 1.48. The number of anilines is 1. The number of aliphatic hydroxyl groups is 1. The third-order valence-corrected chi connectivity index (χ3v) is 5.50. The van der Waals surface area contributed by atoms with Crippen molar-refractivity contribution in [2.45, 2.75) is 31.4 Å². The fourth-order valence-electron chi connectivity index (χ4n) is 3.33. The molecule has 3 aromatic rings. The third kappa shape index (κ3) is 6.43. The Kier molecular flexibility index (Phi) is 7.42. The van der Waals surface area contributed by atoms with Gasteiger partial charge in [-0.1, -0.05) is 11.6 Å². The van der Waals surface area contributed by atoms with E-state index in [1.165, 1.54) is 7.11 Å². The Hall–Kier alpha value is -3.76. The van der Waals surface area contributed by atoms with Crippen LogP contribution in [0.5, 0.6) is 23.0 Å². The summed E-state index contributed by atoms with van der Waals surface area (Å²) in [5.41, 5.74) is 6.13. The van der Waals surface area contributed by atoms with Crippen LogP contribution < -0.4 is 30.6 Å². The number of aliphatic hydroxyl groups excluding tert-OH is 1. The Bertz CT molecular complexity index is 1250. The number of urea groups is 1. The van der Waals surface area contributed by atoms with Crippen LogP contribution in [-0.4, -0.2) is 47.9 Å². The van der Waals surface area contributed by atoms with Gasteiger partial charge in [0.1, 0.15) is 18.1 Å². The number of fused-ring (bicyclic) bond motifs is 1. The number of rotatable bonds is 10. The molecule has 3 amide bonds. The average Bonchev–Trinajstić information content (AvgIpc) is 3.62. The van der Waals surface area contributed by atoms with Crippen LogP contribution in [0.2, 0.25) is 5.02 Å². The number of benzene rings is 2. The number of carbonyl (C=O) groups excluding carboxylic acids is 2. The molecular formula is C24H25ClN4O6. The number of nitrogens with zero attached hydrogens (tertiary/aromatic N) is 1. The number of halogens is 1. The molecule has 0 radical (unpaired) electrons. The maximum Gasteiger partial charge on any atom is 0.319 e. The van der Waals surface area contributed by atoms with Gasteiger partial charge in [-0.05, 0) is 37.1 Å². The lowest BCUT2D eigenvalue weighted by molar-refractivity contribution is -0.120. The monoisotopic (exact) mass is 500 g/mol. The van der Waals surface area contributed by atoms with E-state index < -0.39 is 12.0 Å². The Balaban J connectivity index is 1.51. The summed E-state index contributed by atoms with van der Waals surface area (Å²) in [4.78, 5) is 27.3. The molecule has 1 heterocycles. The van der Waals surface area contributed by atoms with Crippen molar-refractivity contribution in [3.63, 3.8) is 0 Å². The fourth-order valence-corrected chi connectivity index (χ4v) is 3.54. The zero-order valence-electron chi connectivity index (χ0n) is 18.9. The minimum Gasteiger partial charge on any atom is -0.493 e. The molecule has 35 heavy (non-hydrogen) atoms. The summed E-state index contributed by atoms with van der Waals surface area (Å²) < 4.78 is 17.1. The molecule has 1 aromatic heterocycles. The van der Waals surface area contributed by atoms with Crippen molar-refractivity contribution in [2.75, 3.05) is 19.0 Å². The van der Waals surface area contributed by atoms with Crippen LogP contribution in [0.4, 0.5) is 10.5 Å². The van der Waals surface area contributed by atoms with Crippen molar-refractivity contribution in [1.82, 2.24) is 10.3 Å². The van der Waals surface area contributed by atoms with Gasteiger partial charge in [-0.15, -0.1) is 0 Å². The second kappa shape index (κ2) is 10.7. The van der Waals surface area contributed by atoms with Crippen LogP contribution in [0.1, 0.15) is 19.3 Å². The van der Waals surface area contributed by atoms with Crippen molar-refractivity contribution in [3.8, 4) is 23.0 Å².